The summed E-state index contributed by atoms with van der Waals surface area (Å²) in [7, 11) is 0. The summed E-state index contributed by atoms with van der Waals surface area (Å²) in [6, 6.07) is 3.28. The topological polar surface area (TPSA) is 69.6 Å². The predicted molar refractivity (Wildman–Crippen MR) is 83.4 cm³/mol. The van der Waals surface area contributed by atoms with E-state index >= 15 is 0 Å². The molecular weight excluding hydrogens is 280 g/mol. The largest absolute Gasteiger partial charge is 0.506 e. The van der Waals surface area contributed by atoms with E-state index in [0.29, 0.717) is 5.56 Å². The molecule has 0 radical (unpaired) electrons. The first-order valence-electron chi connectivity index (χ1n) is 6.90. The quantitative estimate of drug-likeness (QED) is 0.614. The fraction of sp³-hybridized carbons (Fsp3) is 0.0588. The number of phenols is 1. The number of hydrogen-bond donors (Lipinski definition) is 2. The Morgan fingerprint density at radius 3 is 2.59 bits per heavy atom. The molecule has 1 atom stereocenters. The van der Waals surface area contributed by atoms with Gasteiger partial charge in [0.15, 0.2) is 0 Å². The molecule has 1 aromatic carbocycles. The molecule has 0 bridgehead atoms. The molecule has 108 valence electrons. The molecule has 5 nitrogen and oxygen atoms in total. The molecule has 2 amide bonds. The van der Waals surface area contributed by atoms with Crippen molar-refractivity contribution in [3.8, 4) is 5.75 Å². The molecule has 0 fully saturated rings. The Bertz CT molecular complexity index is 813. The number of anilines is 2. The van der Waals surface area contributed by atoms with Gasteiger partial charge in [0.05, 0.1) is 6.04 Å². The molecule has 3 aliphatic rings. The van der Waals surface area contributed by atoms with E-state index in [9.17, 15) is 14.7 Å². The number of amides is 2. The number of nitrogens with one attached hydrogen (secondary N) is 1. The Morgan fingerprint density at radius 1 is 1.05 bits per heavy atom. The first kappa shape index (κ1) is 12.6. The monoisotopic (exact) mass is 292 g/mol. The zero-order valence-electron chi connectivity index (χ0n) is 11.5. The Balaban J connectivity index is 1.91. The Labute approximate surface area is 126 Å². The smallest absolute Gasteiger partial charge is 0.258 e. The van der Waals surface area contributed by atoms with E-state index in [1.165, 1.54) is 18.2 Å². The summed E-state index contributed by atoms with van der Waals surface area (Å²) in [5.74, 6) is -1.00. The molecule has 0 aromatic heterocycles. The second-order valence-corrected chi connectivity index (χ2v) is 5.25. The van der Waals surface area contributed by atoms with E-state index in [1.54, 1.807) is 6.07 Å². The van der Waals surface area contributed by atoms with Gasteiger partial charge in [-0.15, -0.1) is 0 Å². The summed E-state index contributed by atoms with van der Waals surface area (Å²) in [6.07, 6.45) is 12.2. The van der Waals surface area contributed by atoms with Crippen molar-refractivity contribution in [1.29, 1.82) is 0 Å². The summed E-state index contributed by atoms with van der Waals surface area (Å²) in [4.78, 5) is 24.9. The first-order chi connectivity index (χ1) is 10.6. The maximum Gasteiger partial charge on any atom is 0.258 e. The summed E-state index contributed by atoms with van der Waals surface area (Å²) in [5.41, 5.74) is 2.64. The number of allylic oxidation sites excluding steroid dienone is 2. The van der Waals surface area contributed by atoms with Crippen molar-refractivity contribution in [3.05, 3.63) is 59.7 Å². The van der Waals surface area contributed by atoms with Gasteiger partial charge in [0.2, 0.25) is 0 Å². The molecule has 5 heteroatoms. The molecule has 2 aliphatic heterocycles. The lowest BCUT2D eigenvalue weighted by Gasteiger charge is -2.29. The Hall–Kier alpha value is -3.08. The molecule has 2 N–H and O–H groups in total. The number of fused-ring (bicyclic) bond motifs is 2. The van der Waals surface area contributed by atoms with Crippen molar-refractivity contribution < 1.29 is 14.7 Å². The molecule has 0 saturated carbocycles. The minimum Gasteiger partial charge on any atom is -0.506 e. The number of aromatic hydroxyl groups is 1. The van der Waals surface area contributed by atoms with Gasteiger partial charge in [0.25, 0.3) is 11.8 Å². The number of carbonyl (C=O) groups is 2. The van der Waals surface area contributed by atoms with Gasteiger partial charge in [-0.3, -0.25) is 9.59 Å². The molecule has 4 rings (SSSR count). The molecule has 22 heavy (non-hydrogen) atoms. The van der Waals surface area contributed by atoms with Crippen molar-refractivity contribution in [2.24, 2.45) is 0 Å². The number of carbonyl (C=O) groups excluding carboxylic acids is 2. The van der Waals surface area contributed by atoms with E-state index in [0.717, 1.165) is 16.2 Å². The number of benzene rings is 1. The minimum absolute atomic E-state index is 0.0537. The fourth-order valence-corrected chi connectivity index (χ4v) is 2.88. The van der Waals surface area contributed by atoms with Gasteiger partial charge < -0.3 is 10.4 Å². The highest BCUT2D eigenvalue weighted by Gasteiger charge is 2.32. The lowest BCUT2D eigenvalue weighted by Crippen LogP contribution is -2.31. The second-order valence-electron chi connectivity index (χ2n) is 5.25. The molecule has 1 unspecified atom stereocenters. The normalized spacial score (nSPS) is 21.5. The molecule has 0 saturated heterocycles. The van der Waals surface area contributed by atoms with Crippen molar-refractivity contribution in [2.45, 2.75) is 6.04 Å². The van der Waals surface area contributed by atoms with Gasteiger partial charge >= 0.3 is 0 Å². The lowest BCUT2D eigenvalue weighted by molar-refractivity contribution is -0.120. The van der Waals surface area contributed by atoms with Gasteiger partial charge in [-0.2, -0.15) is 0 Å². The zero-order valence-corrected chi connectivity index (χ0v) is 11.5. The van der Waals surface area contributed by atoms with Crippen LogP contribution in [0.2, 0.25) is 0 Å². The van der Waals surface area contributed by atoms with Crippen LogP contribution in [0.3, 0.4) is 0 Å². The fourth-order valence-electron chi connectivity index (χ4n) is 2.88. The molecule has 1 aliphatic carbocycles. The lowest BCUT2D eigenvalue weighted by atomic mass is 9.93. The summed E-state index contributed by atoms with van der Waals surface area (Å²) < 4.78 is 0. The van der Waals surface area contributed by atoms with Gasteiger partial charge in [-0.05, 0) is 23.8 Å². The summed E-state index contributed by atoms with van der Waals surface area (Å²) >= 11 is 0. The highest BCUT2D eigenvalue weighted by atomic mass is 16.3. The highest BCUT2D eigenvalue weighted by molar-refractivity contribution is 6.29. The minimum atomic E-state index is -0.451. The number of phenolic OH excluding ortho intramolecular Hbond substituents is 1. The van der Waals surface area contributed by atoms with Crippen LogP contribution in [0.1, 0.15) is 5.56 Å². The number of nitrogens with zero attached hydrogens (tertiary/aromatic N) is 1. The van der Waals surface area contributed by atoms with Crippen LogP contribution in [-0.4, -0.2) is 23.0 Å². The maximum atomic E-state index is 11.9. The van der Waals surface area contributed by atoms with Crippen LogP contribution in [0.25, 0.3) is 6.08 Å². The summed E-state index contributed by atoms with van der Waals surface area (Å²) in [6.45, 7) is 0. The van der Waals surface area contributed by atoms with Crippen molar-refractivity contribution in [3.63, 3.8) is 0 Å². The van der Waals surface area contributed by atoms with E-state index in [1.807, 2.05) is 30.4 Å². The third-order valence-electron chi connectivity index (χ3n) is 3.91. The highest BCUT2D eigenvalue weighted by Crippen LogP contribution is 2.42. The Morgan fingerprint density at radius 2 is 1.82 bits per heavy atom. The molecule has 0 spiro atoms. The third-order valence-corrected chi connectivity index (χ3v) is 3.91. The van der Waals surface area contributed by atoms with Crippen LogP contribution < -0.4 is 10.2 Å². The summed E-state index contributed by atoms with van der Waals surface area (Å²) in [5, 5.41) is 13.5. The average Bonchev–Trinajstić information content (AvgIpc) is 2.85. The average molecular weight is 292 g/mol. The van der Waals surface area contributed by atoms with Crippen molar-refractivity contribution in [2.75, 3.05) is 10.2 Å². The van der Waals surface area contributed by atoms with E-state index < -0.39 is 11.8 Å². The number of hydrogen-bond acceptors (Lipinski definition) is 4. The molecule has 2 heterocycles. The SMILES string of the molecule is O=C1C=CC(=O)N1c1c(O)ccc2c1C=C1C=CC=CC1N2. The van der Waals surface area contributed by atoms with E-state index in [-0.39, 0.29) is 17.5 Å². The van der Waals surface area contributed by atoms with Crippen LogP contribution in [0, 0.1) is 0 Å². The second kappa shape index (κ2) is 4.46. The van der Waals surface area contributed by atoms with Crippen molar-refractivity contribution >= 4 is 29.3 Å². The van der Waals surface area contributed by atoms with Crippen LogP contribution >= 0.6 is 0 Å². The standard InChI is InChI=1S/C17H12N2O3/c20-14-6-5-13-11(9-10-3-1-2-4-12(10)18-13)17(14)19-15(21)7-8-16(19)22/h1-9,12,18,20H. The van der Waals surface area contributed by atoms with Crippen LogP contribution in [-0.2, 0) is 9.59 Å². The van der Waals surface area contributed by atoms with Crippen LogP contribution in [0.15, 0.2) is 54.2 Å². The molecule has 1 aromatic rings. The first-order valence-corrected chi connectivity index (χ1v) is 6.90. The van der Waals surface area contributed by atoms with Crippen LogP contribution in [0.4, 0.5) is 11.4 Å². The number of imide groups is 1. The third kappa shape index (κ3) is 1.72. The Kier molecular flexibility index (Phi) is 2.56. The van der Waals surface area contributed by atoms with E-state index in [2.05, 4.69) is 5.32 Å². The van der Waals surface area contributed by atoms with Crippen LogP contribution in [0.5, 0.6) is 5.75 Å². The van der Waals surface area contributed by atoms with Gasteiger partial charge in [0, 0.05) is 23.4 Å². The van der Waals surface area contributed by atoms with Gasteiger partial charge in [-0.25, -0.2) is 4.90 Å². The van der Waals surface area contributed by atoms with Gasteiger partial charge in [0.1, 0.15) is 11.4 Å². The zero-order chi connectivity index (χ0) is 15.3. The van der Waals surface area contributed by atoms with E-state index in [4.69, 9.17) is 0 Å². The predicted octanol–water partition coefficient (Wildman–Crippen LogP) is 2.13. The number of rotatable bonds is 1. The maximum absolute atomic E-state index is 11.9. The van der Waals surface area contributed by atoms with Crippen molar-refractivity contribution in [1.82, 2.24) is 0 Å². The molecular formula is C17H12N2O3. The van der Waals surface area contributed by atoms with Gasteiger partial charge in [-0.1, -0.05) is 24.3 Å².